The minimum atomic E-state index is -0.969. The van der Waals surface area contributed by atoms with Crippen LogP contribution in [0.4, 0.5) is 5.69 Å². The van der Waals surface area contributed by atoms with Gasteiger partial charge in [-0.2, -0.15) is 0 Å². The van der Waals surface area contributed by atoms with Crippen molar-refractivity contribution in [1.29, 1.82) is 0 Å². The molecule has 1 aliphatic rings. The molecular weight excluding hydrogens is 528 g/mol. The Balaban J connectivity index is 1.91. The van der Waals surface area contributed by atoms with Crippen molar-refractivity contribution in [1.82, 2.24) is 0 Å². The smallest absolute Gasteiger partial charge is 0.256 e. The zero-order valence-electron chi connectivity index (χ0n) is 21.5. The summed E-state index contributed by atoms with van der Waals surface area (Å²) >= 11 is 11.7. The van der Waals surface area contributed by atoms with Gasteiger partial charge in [0.2, 0.25) is 0 Å². The summed E-state index contributed by atoms with van der Waals surface area (Å²) in [6, 6.07) is 16.3. The van der Waals surface area contributed by atoms with E-state index in [1.54, 1.807) is 63.7 Å². The molecule has 0 radical (unpaired) electrons. The summed E-state index contributed by atoms with van der Waals surface area (Å²) in [6.45, 7) is 0.194. The van der Waals surface area contributed by atoms with E-state index in [1.165, 1.54) is 0 Å². The molecule has 3 aromatic carbocycles. The predicted molar refractivity (Wildman–Crippen MR) is 150 cm³/mol. The Hall–Kier alpha value is -3.53. The third kappa shape index (κ3) is 5.50. The topological polar surface area (TPSA) is 92.5 Å². The monoisotopic (exact) mass is 556 g/mol. The van der Waals surface area contributed by atoms with Crippen LogP contribution in [0.25, 0.3) is 0 Å². The molecule has 1 amide bonds. The lowest BCUT2D eigenvalue weighted by Gasteiger charge is -2.26. The Labute approximate surface area is 232 Å². The molecule has 0 spiro atoms. The van der Waals surface area contributed by atoms with Gasteiger partial charge in [0.05, 0.1) is 45.7 Å². The second kappa shape index (κ2) is 11.9. The molecule has 0 bridgehead atoms. The molecule has 0 aliphatic carbocycles. The minimum Gasteiger partial charge on any atom is -0.497 e. The van der Waals surface area contributed by atoms with E-state index >= 15 is 0 Å². The Kier molecular flexibility index (Phi) is 8.61. The second-order valence-corrected chi connectivity index (χ2v) is 9.52. The van der Waals surface area contributed by atoms with Crippen molar-refractivity contribution in [3.05, 3.63) is 76.3 Å². The highest BCUT2D eigenvalue weighted by atomic mass is 35.5. The highest BCUT2D eigenvalue weighted by Gasteiger charge is 2.38. The molecule has 2 atom stereocenters. The highest BCUT2D eigenvalue weighted by molar-refractivity contribution is 7.80. The van der Waals surface area contributed by atoms with Gasteiger partial charge in [-0.1, -0.05) is 36.0 Å². The fourth-order valence-corrected chi connectivity index (χ4v) is 4.89. The van der Waals surface area contributed by atoms with Crippen LogP contribution < -0.4 is 29.6 Å². The quantitative estimate of drug-likeness (QED) is 0.365. The van der Waals surface area contributed by atoms with Crippen molar-refractivity contribution in [2.45, 2.75) is 25.2 Å². The van der Waals surface area contributed by atoms with Crippen molar-refractivity contribution >= 4 is 40.4 Å². The van der Waals surface area contributed by atoms with Crippen LogP contribution in [-0.2, 0) is 16.1 Å². The van der Waals surface area contributed by atoms with E-state index in [1.807, 2.05) is 24.3 Å². The number of amides is 1. The molecule has 0 saturated carbocycles. The summed E-state index contributed by atoms with van der Waals surface area (Å²) in [7, 11) is 6.26. The van der Waals surface area contributed by atoms with Gasteiger partial charge < -0.3 is 34.3 Å². The molecular formula is C28H29ClN2O6S. The molecule has 0 fully saturated rings. The van der Waals surface area contributed by atoms with Crippen LogP contribution in [0.1, 0.15) is 29.2 Å². The third-order valence-electron chi connectivity index (χ3n) is 6.33. The number of para-hydroxylation sites is 1. The van der Waals surface area contributed by atoms with E-state index in [4.69, 9.17) is 53.2 Å². The molecule has 1 heterocycles. The first-order valence-corrected chi connectivity index (χ1v) is 12.6. The molecule has 0 saturated heterocycles. The fourth-order valence-electron chi connectivity index (χ4n) is 4.56. The number of fused-ring (bicyclic) bond motifs is 1. The first-order valence-electron chi connectivity index (χ1n) is 11.8. The number of carbonyl (C=O) groups is 1. The normalized spacial score (nSPS) is 16.9. The summed E-state index contributed by atoms with van der Waals surface area (Å²) < 4.78 is 28.7. The average molecular weight is 557 g/mol. The van der Waals surface area contributed by atoms with Gasteiger partial charge in [-0.25, -0.2) is 0 Å². The van der Waals surface area contributed by atoms with E-state index < -0.39 is 12.2 Å². The standard InChI is InChI=1S/C28H29ClN2O6S/c1-33-18-10-8-16(23(13-18)35-3)15-31-21-11-9-17(29)12-20(21)26(37-24(28(31)32)14-25(30)38)19-6-5-7-22(34-2)27(19)36-4/h5-13,24,26H,14-15H2,1-4H3,(H2,30,38)/t24-,26-/m1/s1. The number of benzene rings is 3. The molecule has 4 rings (SSSR count). The zero-order chi connectivity index (χ0) is 27.4. The number of anilines is 1. The molecule has 2 N–H and O–H groups in total. The first kappa shape index (κ1) is 27.5. The molecule has 3 aromatic rings. The number of nitrogens with two attached hydrogens (primary N) is 1. The van der Waals surface area contributed by atoms with E-state index in [0.29, 0.717) is 44.8 Å². The number of methoxy groups -OCH3 is 4. The summed E-state index contributed by atoms with van der Waals surface area (Å²) in [5.74, 6) is 1.93. The second-order valence-electron chi connectivity index (χ2n) is 8.56. The number of nitrogens with zero attached hydrogens (tertiary/aromatic N) is 1. The van der Waals surface area contributed by atoms with E-state index in [2.05, 4.69) is 0 Å². The Morgan fingerprint density at radius 1 is 0.974 bits per heavy atom. The van der Waals surface area contributed by atoms with Crippen LogP contribution in [0.2, 0.25) is 5.02 Å². The van der Waals surface area contributed by atoms with Crippen LogP contribution >= 0.6 is 23.8 Å². The minimum absolute atomic E-state index is 0.0505. The van der Waals surface area contributed by atoms with E-state index in [9.17, 15) is 4.79 Å². The average Bonchev–Trinajstić information content (AvgIpc) is 3.02. The third-order valence-corrected chi connectivity index (χ3v) is 6.73. The lowest BCUT2D eigenvalue weighted by Crippen LogP contribution is -2.40. The lowest BCUT2D eigenvalue weighted by atomic mass is 9.97. The summed E-state index contributed by atoms with van der Waals surface area (Å²) in [5.41, 5.74) is 8.65. The van der Waals surface area contributed by atoms with Gasteiger partial charge in [0.15, 0.2) is 11.5 Å². The van der Waals surface area contributed by atoms with Gasteiger partial charge in [-0.05, 0) is 36.4 Å². The van der Waals surface area contributed by atoms with E-state index in [-0.39, 0.29) is 23.9 Å². The maximum Gasteiger partial charge on any atom is 0.256 e. The maximum absolute atomic E-state index is 14.0. The summed E-state index contributed by atoms with van der Waals surface area (Å²) in [5, 5.41) is 0.487. The largest absolute Gasteiger partial charge is 0.497 e. The van der Waals surface area contributed by atoms with Crippen molar-refractivity contribution in [3.63, 3.8) is 0 Å². The van der Waals surface area contributed by atoms with Crippen LogP contribution in [0.3, 0.4) is 0 Å². The van der Waals surface area contributed by atoms with Gasteiger partial charge in [-0.3, -0.25) is 4.79 Å². The lowest BCUT2D eigenvalue weighted by molar-refractivity contribution is -0.131. The Bertz CT molecular complexity index is 1350. The number of rotatable bonds is 9. The number of hydrogen-bond donors (Lipinski definition) is 1. The number of hydrogen-bond acceptors (Lipinski definition) is 7. The number of halogens is 1. The molecule has 0 unspecified atom stereocenters. The number of thiocarbonyl (C=S) groups is 1. The van der Waals surface area contributed by atoms with Gasteiger partial charge in [-0.15, -0.1) is 0 Å². The molecule has 1 aliphatic heterocycles. The van der Waals surface area contributed by atoms with Crippen LogP contribution in [0.5, 0.6) is 23.0 Å². The SMILES string of the molecule is COc1ccc(CN2C(=O)[C@@H](CC(N)=S)O[C@H](c3cccc(OC)c3OC)c3cc(Cl)ccc32)c(OC)c1. The molecule has 0 aromatic heterocycles. The molecule has 8 nitrogen and oxygen atoms in total. The number of carbonyl (C=O) groups excluding carboxylic acids is 1. The van der Waals surface area contributed by atoms with Gasteiger partial charge in [0, 0.05) is 34.2 Å². The molecule has 38 heavy (non-hydrogen) atoms. The van der Waals surface area contributed by atoms with Gasteiger partial charge in [0.25, 0.3) is 5.91 Å². The van der Waals surface area contributed by atoms with Crippen LogP contribution in [0.15, 0.2) is 54.6 Å². The Morgan fingerprint density at radius 2 is 1.74 bits per heavy atom. The summed E-state index contributed by atoms with van der Waals surface area (Å²) in [6.07, 6.45) is -1.65. The van der Waals surface area contributed by atoms with Crippen molar-refractivity contribution < 1.29 is 28.5 Å². The molecule has 10 heteroatoms. The van der Waals surface area contributed by atoms with Crippen molar-refractivity contribution in [2.24, 2.45) is 5.73 Å². The Morgan fingerprint density at radius 3 is 2.39 bits per heavy atom. The fraction of sp³-hybridized carbons (Fsp3) is 0.286. The number of ether oxygens (including phenoxy) is 5. The van der Waals surface area contributed by atoms with Crippen LogP contribution in [-0.4, -0.2) is 45.4 Å². The maximum atomic E-state index is 14.0. The van der Waals surface area contributed by atoms with Crippen molar-refractivity contribution in [3.8, 4) is 23.0 Å². The summed E-state index contributed by atoms with van der Waals surface area (Å²) in [4.78, 5) is 15.8. The van der Waals surface area contributed by atoms with Gasteiger partial charge >= 0.3 is 0 Å². The highest BCUT2D eigenvalue weighted by Crippen LogP contribution is 2.45. The van der Waals surface area contributed by atoms with Crippen molar-refractivity contribution in [2.75, 3.05) is 33.3 Å². The first-order chi connectivity index (χ1) is 18.3. The van der Waals surface area contributed by atoms with Crippen LogP contribution in [0, 0.1) is 0 Å². The molecule has 200 valence electrons. The van der Waals surface area contributed by atoms with E-state index in [0.717, 1.165) is 5.56 Å². The zero-order valence-corrected chi connectivity index (χ0v) is 23.1. The van der Waals surface area contributed by atoms with Gasteiger partial charge in [0.1, 0.15) is 23.7 Å². The predicted octanol–water partition coefficient (Wildman–Crippen LogP) is 5.07.